The summed E-state index contributed by atoms with van der Waals surface area (Å²) in [7, 11) is 0. The third-order valence-corrected chi connectivity index (χ3v) is 4.52. The molecule has 1 fully saturated rings. The fourth-order valence-electron chi connectivity index (χ4n) is 2.49. The van der Waals surface area contributed by atoms with Crippen LogP contribution >= 0.6 is 12.6 Å². The van der Waals surface area contributed by atoms with Crippen molar-refractivity contribution >= 4 is 18.3 Å². The predicted molar refractivity (Wildman–Crippen MR) is 74.4 cm³/mol. The highest BCUT2D eigenvalue weighted by atomic mass is 32.1. The molecule has 0 bridgehead atoms. The molecule has 0 N–H and O–H groups in total. The molecule has 0 aromatic heterocycles. The molecular formula is C14H20FNS. The molecule has 0 unspecified atom stereocenters. The van der Waals surface area contributed by atoms with Crippen LogP contribution in [0.1, 0.15) is 26.2 Å². The molecule has 0 saturated heterocycles. The molecule has 2 rings (SSSR count). The van der Waals surface area contributed by atoms with Gasteiger partial charge in [-0.05, 0) is 55.2 Å². The van der Waals surface area contributed by atoms with Gasteiger partial charge in [-0.3, -0.25) is 0 Å². The van der Waals surface area contributed by atoms with Crippen molar-refractivity contribution < 1.29 is 4.39 Å². The molecule has 0 spiro atoms. The Hall–Kier alpha value is -0.700. The highest BCUT2D eigenvalue weighted by molar-refractivity contribution is 7.80. The first-order chi connectivity index (χ1) is 8.19. The lowest BCUT2D eigenvalue weighted by atomic mass is 9.70. The zero-order valence-corrected chi connectivity index (χ0v) is 11.2. The van der Waals surface area contributed by atoms with Crippen molar-refractivity contribution in [2.75, 3.05) is 23.7 Å². The van der Waals surface area contributed by atoms with Crippen LogP contribution in [-0.2, 0) is 0 Å². The molecule has 3 heteroatoms. The Morgan fingerprint density at radius 1 is 1.29 bits per heavy atom. The van der Waals surface area contributed by atoms with E-state index in [-0.39, 0.29) is 5.82 Å². The van der Waals surface area contributed by atoms with Crippen LogP contribution in [0.4, 0.5) is 10.1 Å². The van der Waals surface area contributed by atoms with Gasteiger partial charge in [-0.15, -0.1) is 0 Å². The minimum atomic E-state index is -0.169. The molecule has 1 nitrogen and oxygen atoms in total. The van der Waals surface area contributed by atoms with Gasteiger partial charge in [0.2, 0.25) is 0 Å². The second kappa shape index (κ2) is 5.30. The quantitative estimate of drug-likeness (QED) is 0.782. The molecule has 17 heavy (non-hydrogen) atoms. The highest BCUT2D eigenvalue weighted by Gasteiger charge is 2.37. The van der Waals surface area contributed by atoms with E-state index in [1.807, 2.05) is 12.1 Å². The van der Waals surface area contributed by atoms with E-state index in [2.05, 4.69) is 24.5 Å². The van der Waals surface area contributed by atoms with E-state index >= 15 is 0 Å². The first kappa shape index (κ1) is 12.7. The first-order valence-corrected chi connectivity index (χ1v) is 6.94. The van der Waals surface area contributed by atoms with E-state index < -0.39 is 0 Å². The smallest absolute Gasteiger partial charge is 0.123 e. The molecule has 0 atom stereocenters. The summed E-state index contributed by atoms with van der Waals surface area (Å²) < 4.78 is 12.9. The molecule has 1 aliphatic carbocycles. The Balaban J connectivity index is 2.08. The molecule has 1 aliphatic rings. The van der Waals surface area contributed by atoms with E-state index in [0.717, 1.165) is 24.5 Å². The monoisotopic (exact) mass is 253 g/mol. The number of halogens is 1. The van der Waals surface area contributed by atoms with E-state index in [9.17, 15) is 4.39 Å². The van der Waals surface area contributed by atoms with Crippen LogP contribution in [0.25, 0.3) is 0 Å². The Kier molecular flexibility index (Phi) is 3.97. The topological polar surface area (TPSA) is 3.24 Å². The number of thiol groups is 1. The van der Waals surface area contributed by atoms with Gasteiger partial charge in [0, 0.05) is 18.8 Å². The Morgan fingerprint density at radius 2 is 1.94 bits per heavy atom. The molecule has 0 radical (unpaired) electrons. The second-order valence-corrected chi connectivity index (χ2v) is 5.32. The maximum absolute atomic E-state index is 12.9. The van der Waals surface area contributed by atoms with Crippen molar-refractivity contribution in [3.05, 3.63) is 30.1 Å². The minimum absolute atomic E-state index is 0.169. The van der Waals surface area contributed by atoms with Gasteiger partial charge in [0.15, 0.2) is 0 Å². The van der Waals surface area contributed by atoms with Crippen LogP contribution in [0.2, 0.25) is 0 Å². The largest absolute Gasteiger partial charge is 0.371 e. The summed E-state index contributed by atoms with van der Waals surface area (Å²) in [5, 5.41) is 0. The van der Waals surface area contributed by atoms with Crippen molar-refractivity contribution in [3.8, 4) is 0 Å². The van der Waals surface area contributed by atoms with Crippen molar-refractivity contribution in [2.45, 2.75) is 26.2 Å². The molecule has 0 amide bonds. The van der Waals surface area contributed by atoms with Gasteiger partial charge in [0.1, 0.15) is 5.82 Å². The summed E-state index contributed by atoms with van der Waals surface area (Å²) >= 11 is 4.49. The number of anilines is 1. The molecule has 94 valence electrons. The van der Waals surface area contributed by atoms with Gasteiger partial charge in [-0.25, -0.2) is 4.39 Å². The average Bonchev–Trinajstić information content (AvgIpc) is 2.30. The van der Waals surface area contributed by atoms with E-state index in [1.54, 1.807) is 0 Å². The zero-order chi connectivity index (χ0) is 12.3. The third kappa shape index (κ3) is 2.76. The fourth-order valence-corrected chi connectivity index (χ4v) is 2.90. The first-order valence-electron chi connectivity index (χ1n) is 6.30. The lowest BCUT2D eigenvalue weighted by molar-refractivity contribution is 0.176. The molecule has 0 aliphatic heterocycles. The van der Waals surface area contributed by atoms with Gasteiger partial charge < -0.3 is 4.90 Å². The summed E-state index contributed by atoms with van der Waals surface area (Å²) in [6, 6.07) is 6.80. The summed E-state index contributed by atoms with van der Waals surface area (Å²) in [5.74, 6) is 0.780. The van der Waals surface area contributed by atoms with Gasteiger partial charge in [-0.2, -0.15) is 12.6 Å². The molecule has 0 heterocycles. The summed E-state index contributed by atoms with van der Waals surface area (Å²) in [6.07, 6.45) is 3.87. The van der Waals surface area contributed by atoms with Gasteiger partial charge in [0.05, 0.1) is 0 Å². The summed E-state index contributed by atoms with van der Waals surface area (Å²) in [5.41, 5.74) is 1.50. The number of hydrogen-bond acceptors (Lipinski definition) is 2. The van der Waals surface area contributed by atoms with Crippen LogP contribution < -0.4 is 4.90 Å². The molecular weight excluding hydrogens is 233 g/mol. The van der Waals surface area contributed by atoms with Crippen molar-refractivity contribution in [2.24, 2.45) is 5.41 Å². The van der Waals surface area contributed by atoms with E-state index in [0.29, 0.717) is 5.41 Å². The zero-order valence-electron chi connectivity index (χ0n) is 10.3. The van der Waals surface area contributed by atoms with Gasteiger partial charge >= 0.3 is 0 Å². The van der Waals surface area contributed by atoms with E-state index in [1.165, 1.54) is 31.4 Å². The standard InChI is InChI=1S/C14H20FNS/c1-2-16(10-14(11-17)8-3-9-14)13-6-4-12(15)5-7-13/h4-7,17H,2-3,8-11H2,1H3. The van der Waals surface area contributed by atoms with Crippen LogP contribution in [0, 0.1) is 11.2 Å². The van der Waals surface area contributed by atoms with Gasteiger partial charge in [0.25, 0.3) is 0 Å². The maximum atomic E-state index is 12.9. The number of hydrogen-bond donors (Lipinski definition) is 1. The lowest BCUT2D eigenvalue weighted by Gasteiger charge is -2.44. The van der Waals surface area contributed by atoms with Crippen molar-refractivity contribution in [1.82, 2.24) is 0 Å². The summed E-state index contributed by atoms with van der Waals surface area (Å²) in [4.78, 5) is 2.33. The van der Waals surface area contributed by atoms with Crippen LogP contribution in [0.5, 0.6) is 0 Å². The maximum Gasteiger partial charge on any atom is 0.123 e. The minimum Gasteiger partial charge on any atom is -0.371 e. The SMILES string of the molecule is CCN(CC1(CS)CCC1)c1ccc(F)cc1. The van der Waals surface area contributed by atoms with E-state index in [4.69, 9.17) is 0 Å². The number of benzene rings is 1. The van der Waals surface area contributed by atoms with Crippen molar-refractivity contribution in [3.63, 3.8) is 0 Å². The fraction of sp³-hybridized carbons (Fsp3) is 0.571. The van der Waals surface area contributed by atoms with Crippen LogP contribution in [0.15, 0.2) is 24.3 Å². The Bertz CT molecular complexity index is 353. The predicted octanol–water partition coefficient (Wildman–Crippen LogP) is 3.75. The van der Waals surface area contributed by atoms with Crippen molar-refractivity contribution in [1.29, 1.82) is 0 Å². The molecule has 1 aromatic rings. The normalized spacial score (nSPS) is 17.6. The van der Waals surface area contributed by atoms with Gasteiger partial charge in [-0.1, -0.05) is 6.42 Å². The number of rotatable bonds is 5. The third-order valence-electron chi connectivity index (χ3n) is 3.85. The second-order valence-electron chi connectivity index (χ2n) is 5.00. The van der Waals surface area contributed by atoms with Crippen LogP contribution in [0.3, 0.4) is 0 Å². The number of nitrogens with zero attached hydrogens (tertiary/aromatic N) is 1. The van der Waals surface area contributed by atoms with Crippen LogP contribution in [-0.4, -0.2) is 18.8 Å². The molecule has 1 aromatic carbocycles. The Labute approximate surface area is 108 Å². The summed E-state index contributed by atoms with van der Waals surface area (Å²) in [6.45, 7) is 4.15. The average molecular weight is 253 g/mol. The lowest BCUT2D eigenvalue weighted by Crippen LogP contribution is -2.43. The Morgan fingerprint density at radius 3 is 2.35 bits per heavy atom. The highest BCUT2D eigenvalue weighted by Crippen LogP contribution is 2.43. The molecule has 1 saturated carbocycles.